The summed E-state index contributed by atoms with van der Waals surface area (Å²) in [6.45, 7) is 3.32. The van der Waals surface area contributed by atoms with E-state index in [-0.39, 0.29) is 12.5 Å². The molecule has 0 atom stereocenters. The van der Waals surface area contributed by atoms with Gasteiger partial charge in [-0.3, -0.25) is 4.79 Å². The molecule has 1 amide bonds. The zero-order valence-corrected chi connectivity index (χ0v) is 14.2. The summed E-state index contributed by atoms with van der Waals surface area (Å²) in [7, 11) is 1.62. The average Bonchev–Trinajstić information content (AvgIpc) is 2.59. The summed E-state index contributed by atoms with van der Waals surface area (Å²) in [5.41, 5.74) is 1.16. The van der Waals surface area contributed by atoms with Crippen molar-refractivity contribution in [3.05, 3.63) is 23.8 Å². The van der Waals surface area contributed by atoms with Gasteiger partial charge in [0, 0.05) is 19.1 Å². The van der Waals surface area contributed by atoms with E-state index in [9.17, 15) is 4.79 Å². The van der Waals surface area contributed by atoms with Crippen LogP contribution in [0.4, 0.5) is 0 Å². The number of amides is 1. The molecule has 2 N–H and O–H groups in total. The lowest BCUT2D eigenvalue weighted by atomic mass is 9.95. The number of ether oxygens (including phenoxy) is 2. The first-order valence-corrected chi connectivity index (χ1v) is 8.52. The highest BCUT2D eigenvalue weighted by Crippen LogP contribution is 2.28. The maximum absolute atomic E-state index is 11.5. The number of nitrogens with one attached hydrogen (secondary N) is 2. The molecular formula is C18H28N2O3. The van der Waals surface area contributed by atoms with E-state index in [1.807, 2.05) is 25.1 Å². The van der Waals surface area contributed by atoms with Gasteiger partial charge < -0.3 is 20.1 Å². The van der Waals surface area contributed by atoms with Crippen molar-refractivity contribution in [3.63, 3.8) is 0 Å². The number of rotatable bonds is 8. The monoisotopic (exact) mass is 320 g/mol. The summed E-state index contributed by atoms with van der Waals surface area (Å²) in [5, 5.41) is 6.32. The summed E-state index contributed by atoms with van der Waals surface area (Å²) in [6, 6.07) is 6.49. The third-order valence-electron chi connectivity index (χ3n) is 4.16. The third kappa shape index (κ3) is 5.75. The second kappa shape index (κ2) is 9.40. The van der Waals surface area contributed by atoms with E-state index in [0.717, 1.165) is 12.1 Å². The first-order valence-electron chi connectivity index (χ1n) is 8.52. The van der Waals surface area contributed by atoms with Gasteiger partial charge in [0.25, 0.3) is 5.91 Å². The molecule has 1 aliphatic carbocycles. The number of likely N-dealkylation sites (N-methyl/N-ethyl adjacent to an activating group) is 1. The van der Waals surface area contributed by atoms with Crippen LogP contribution in [0, 0.1) is 0 Å². The van der Waals surface area contributed by atoms with Crippen LogP contribution >= 0.6 is 0 Å². The van der Waals surface area contributed by atoms with Crippen LogP contribution in [-0.2, 0) is 11.3 Å². The number of hydrogen-bond acceptors (Lipinski definition) is 4. The van der Waals surface area contributed by atoms with Crippen LogP contribution in [0.25, 0.3) is 0 Å². The third-order valence-corrected chi connectivity index (χ3v) is 4.16. The summed E-state index contributed by atoms with van der Waals surface area (Å²) in [4.78, 5) is 11.5. The molecule has 1 aliphatic rings. The molecule has 23 heavy (non-hydrogen) atoms. The van der Waals surface area contributed by atoms with Crippen molar-refractivity contribution in [1.29, 1.82) is 0 Å². The van der Waals surface area contributed by atoms with Gasteiger partial charge in [0.2, 0.25) is 0 Å². The Morgan fingerprint density at radius 3 is 2.70 bits per heavy atom. The minimum absolute atomic E-state index is 0.00384. The smallest absolute Gasteiger partial charge is 0.257 e. The molecule has 0 spiro atoms. The summed E-state index contributed by atoms with van der Waals surface area (Å²) < 4.78 is 10.9. The molecule has 5 heteroatoms. The van der Waals surface area contributed by atoms with Crippen LogP contribution in [0.3, 0.4) is 0 Å². The quantitative estimate of drug-likeness (QED) is 0.773. The van der Waals surface area contributed by atoms with E-state index in [0.29, 0.717) is 24.1 Å². The van der Waals surface area contributed by atoms with E-state index >= 15 is 0 Å². The Labute approximate surface area is 138 Å². The minimum Gasteiger partial charge on any atom is -0.493 e. The molecule has 0 saturated heterocycles. The molecule has 128 valence electrons. The zero-order valence-electron chi connectivity index (χ0n) is 14.2. The minimum atomic E-state index is -0.127. The Kier molecular flexibility index (Phi) is 7.20. The van der Waals surface area contributed by atoms with Crippen LogP contribution in [-0.4, -0.2) is 32.2 Å². The number of methoxy groups -OCH3 is 1. The van der Waals surface area contributed by atoms with Gasteiger partial charge in [0.15, 0.2) is 18.1 Å². The molecule has 1 fully saturated rings. The first-order chi connectivity index (χ1) is 11.2. The van der Waals surface area contributed by atoms with Gasteiger partial charge in [-0.2, -0.15) is 0 Å². The molecule has 0 aromatic heterocycles. The van der Waals surface area contributed by atoms with Gasteiger partial charge in [0.05, 0.1) is 7.11 Å². The van der Waals surface area contributed by atoms with E-state index in [1.165, 1.54) is 32.1 Å². The average molecular weight is 320 g/mol. The van der Waals surface area contributed by atoms with Gasteiger partial charge in [-0.15, -0.1) is 0 Å². The molecule has 0 heterocycles. The van der Waals surface area contributed by atoms with Crippen LogP contribution in [0.2, 0.25) is 0 Å². The molecule has 1 aromatic rings. The van der Waals surface area contributed by atoms with Crippen LogP contribution in [0.15, 0.2) is 18.2 Å². The van der Waals surface area contributed by atoms with Crippen LogP contribution < -0.4 is 20.1 Å². The largest absolute Gasteiger partial charge is 0.493 e. The summed E-state index contributed by atoms with van der Waals surface area (Å²) >= 11 is 0. The first kappa shape index (κ1) is 17.6. The van der Waals surface area contributed by atoms with Gasteiger partial charge in [0.1, 0.15) is 0 Å². The number of hydrogen-bond donors (Lipinski definition) is 2. The zero-order chi connectivity index (χ0) is 16.5. The molecule has 0 bridgehead atoms. The molecule has 5 nitrogen and oxygen atoms in total. The Morgan fingerprint density at radius 2 is 2.00 bits per heavy atom. The fourth-order valence-electron chi connectivity index (χ4n) is 2.90. The highest BCUT2D eigenvalue weighted by Gasteiger charge is 2.13. The molecule has 1 saturated carbocycles. The molecule has 0 unspecified atom stereocenters. The van der Waals surface area contributed by atoms with Gasteiger partial charge >= 0.3 is 0 Å². The Balaban J connectivity index is 1.88. The van der Waals surface area contributed by atoms with Crippen molar-refractivity contribution in [2.24, 2.45) is 0 Å². The van der Waals surface area contributed by atoms with Crippen molar-refractivity contribution in [1.82, 2.24) is 10.6 Å². The lowest BCUT2D eigenvalue weighted by Crippen LogP contribution is -2.30. The van der Waals surface area contributed by atoms with Gasteiger partial charge in [-0.1, -0.05) is 25.3 Å². The highest BCUT2D eigenvalue weighted by atomic mass is 16.5. The fraction of sp³-hybridized carbons (Fsp3) is 0.611. The van der Waals surface area contributed by atoms with Crippen molar-refractivity contribution in [2.45, 2.75) is 51.6 Å². The molecular weight excluding hydrogens is 292 g/mol. The summed E-state index contributed by atoms with van der Waals surface area (Å²) in [5.74, 6) is 1.13. The Morgan fingerprint density at radius 1 is 1.22 bits per heavy atom. The predicted octanol–water partition coefficient (Wildman–Crippen LogP) is 2.63. The maximum atomic E-state index is 11.5. The van der Waals surface area contributed by atoms with Crippen LogP contribution in [0.5, 0.6) is 11.5 Å². The number of benzene rings is 1. The standard InChI is InChI=1S/C18H28N2O3/c1-3-19-18(21)13-23-16-10-9-14(11-17(16)22-2)12-20-15-7-5-4-6-8-15/h9-11,15,20H,3-8,12-13H2,1-2H3,(H,19,21). The molecule has 1 aromatic carbocycles. The highest BCUT2D eigenvalue weighted by molar-refractivity contribution is 5.77. The predicted molar refractivity (Wildman–Crippen MR) is 90.9 cm³/mol. The summed E-state index contributed by atoms with van der Waals surface area (Å²) in [6.07, 6.45) is 6.56. The van der Waals surface area contributed by atoms with Gasteiger partial charge in [-0.05, 0) is 37.5 Å². The Bertz CT molecular complexity index is 499. The maximum Gasteiger partial charge on any atom is 0.257 e. The molecule has 2 rings (SSSR count). The second-order valence-corrected chi connectivity index (χ2v) is 5.94. The van der Waals surface area contributed by atoms with E-state index in [1.54, 1.807) is 7.11 Å². The van der Waals surface area contributed by atoms with Crippen molar-refractivity contribution < 1.29 is 14.3 Å². The topological polar surface area (TPSA) is 59.6 Å². The lowest BCUT2D eigenvalue weighted by molar-refractivity contribution is -0.123. The second-order valence-electron chi connectivity index (χ2n) is 5.94. The van der Waals surface area contributed by atoms with Crippen molar-refractivity contribution in [2.75, 3.05) is 20.3 Å². The molecule has 0 aliphatic heterocycles. The normalized spacial score (nSPS) is 15.2. The SMILES string of the molecule is CCNC(=O)COc1ccc(CNC2CCCCC2)cc1OC. The fourth-order valence-corrected chi connectivity index (χ4v) is 2.90. The Hall–Kier alpha value is -1.75. The van der Waals surface area contributed by atoms with E-state index < -0.39 is 0 Å². The van der Waals surface area contributed by atoms with Gasteiger partial charge in [-0.25, -0.2) is 0 Å². The lowest BCUT2D eigenvalue weighted by Gasteiger charge is -2.23. The van der Waals surface area contributed by atoms with E-state index in [2.05, 4.69) is 10.6 Å². The van der Waals surface area contributed by atoms with E-state index in [4.69, 9.17) is 9.47 Å². The van der Waals surface area contributed by atoms with Crippen molar-refractivity contribution in [3.8, 4) is 11.5 Å². The van der Waals surface area contributed by atoms with Crippen molar-refractivity contribution >= 4 is 5.91 Å². The van der Waals surface area contributed by atoms with Crippen LogP contribution in [0.1, 0.15) is 44.6 Å². The number of carbonyl (C=O) groups is 1. The molecule has 0 radical (unpaired) electrons. The number of carbonyl (C=O) groups excluding carboxylic acids is 1.